The van der Waals surface area contributed by atoms with Gasteiger partial charge in [0.25, 0.3) is 5.19 Å². The summed E-state index contributed by atoms with van der Waals surface area (Å²) in [6.07, 6.45) is 0.991. The minimum Gasteiger partial charge on any atom is -0.494 e. The number of benzene rings is 1. The number of aromatic nitrogens is 2. The van der Waals surface area contributed by atoms with E-state index in [1.165, 1.54) is 11.3 Å². The third kappa shape index (κ3) is 3.41. The maximum Gasteiger partial charge on any atom is 0.299 e. The van der Waals surface area contributed by atoms with Crippen LogP contribution in [0.25, 0.3) is 0 Å². The minimum atomic E-state index is 0.380. The molecule has 1 aromatic heterocycles. The molecule has 5 nitrogen and oxygen atoms in total. The summed E-state index contributed by atoms with van der Waals surface area (Å²) in [6, 6.07) is 7.43. The van der Waals surface area contributed by atoms with Crippen LogP contribution in [0.15, 0.2) is 24.3 Å². The second kappa shape index (κ2) is 6.32. The van der Waals surface area contributed by atoms with E-state index >= 15 is 0 Å². The van der Waals surface area contributed by atoms with E-state index < -0.39 is 0 Å². The van der Waals surface area contributed by atoms with E-state index in [1.54, 1.807) is 0 Å². The van der Waals surface area contributed by atoms with Crippen molar-refractivity contribution in [1.29, 1.82) is 0 Å². The van der Waals surface area contributed by atoms with E-state index in [1.807, 2.05) is 24.3 Å². The van der Waals surface area contributed by atoms with E-state index in [2.05, 4.69) is 17.1 Å². The zero-order valence-corrected chi connectivity index (χ0v) is 10.9. The lowest BCUT2D eigenvalue weighted by Gasteiger charge is -2.05. The van der Waals surface area contributed by atoms with Crippen molar-refractivity contribution in [2.24, 2.45) is 5.73 Å². The summed E-state index contributed by atoms with van der Waals surface area (Å²) in [5.74, 6) is 1.54. The topological polar surface area (TPSA) is 70.3 Å². The van der Waals surface area contributed by atoms with E-state index in [-0.39, 0.29) is 0 Å². The standard InChI is InChI=1S/C12H15N3O2S/c1-2-7-16-9-3-5-10(6-4-9)17-12-15-14-11(8-13)18-12/h3-6H,2,7-8,13H2,1H3. The molecule has 0 aliphatic heterocycles. The Labute approximate surface area is 110 Å². The molecule has 0 atom stereocenters. The molecule has 0 unspecified atom stereocenters. The van der Waals surface area contributed by atoms with E-state index in [0.29, 0.717) is 17.5 Å². The van der Waals surface area contributed by atoms with Crippen LogP contribution in [0.1, 0.15) is 18.4 Å². The predicted molar refractivity (Wildman–Crippen MR) is 70.1 cm³/mol. The van der Waals surface area contributed by atoms with Crippen LogP contribution in [-0.4, -0.2) is 16.8 Å². The molecule has 2 aromatic rings. The summed E-state index contributed by atoms with van der Waals surface area (Å²) < 4.78 is 11.0. The van der Waals surface area contributed by atoms with Crippen LogP contribution in [0.4, 0.5) is 0 Å². The zero-order chi connectivity index (χ0) is 12.8. The van der Waals surface area contributed by atoms with Crippen molar-refractivity contribution in [2.75, 3.05) is 6.61 Å². The van der Waals surface area contributed by atoms with Gasteiger partial charge in [0.15, 0.2) is 0 Å². The van der Waals surface area contributed by atoms with Gasteiger partial charge in [0, 0.05) is 6.54 Å². The number of rotatable bonds is 6. The third-order valence-electron chi connectivity index (χ3n) is 2.12. The molecule has 0 amide bonds. The van der Waals surface area contributed by atoms with Gasteiger partial charge in [-0.05, 0) is 30.7 Å². The molecular weight excluding hydrogens is 250 g/mol. The molecule has 0 bridgehead atoms. The minimum absolute atomic E-state index is 0.380. The van der Waals surface area contributed by atoms with Crippen LogP contribution in [0.3, 0.4) is 0 Å². The molecule has 18 heavy (non-hydrogen) atoms. The number of hydrogen-bond donors (Lipinski definition) is 1. The van der Waals surface area contributed by atoms with Gasteiger partial charge < -0.3 is 15.2 Å². The second-order valence-corrected chi connectivity index (χ2v) is 4.61. The molecule has 0 spiro atoms. The maximum absolute atomic E-state index is 5.55. The summed E-state index contributed by atoms with van der Waals surface area (Å²) in [4.78, 5) is 0. The molecule has 0 aliphatic rings. The van der Waals surface area contributed by atoms with Crippen molar-refractivity contribution in [2.45, 2.75) is 19.9 Å². The van der Waals surface area contributed by atoms with Crippen LogP contribution in [0.5, 0.6) is 16.7 Å². The summed E-state index contributed by atoms with van der Waals surface area (Å²) in [5.41, 5.74) is 5.46. The average Bonchev–Trinajstić information content (AvgIpc) is 2.86. The molecule has 0 radical (unpaired) electrons. The summed E-state index contributed by atoms with van der Waals surface area (Å²) >= 11 is 1.35. The molecule has 2 rings (SSSR count). The highest BCUT2D eigenvalue weighted by atomic mass is 32.1. The van der Waals surface area contributed by atoms with Gasteiger partial charge in [0.2, 0.25) is 0 Å². The van der Waals surface area contributed by atoms with Crippen molar-refractivity contribution >= 4 is 11.3 Å². The van der Waals surface area contributed by atoms with Gasteiger partial charge in [-0.3, -0.25) is 0 Å². The number of hydrogen-bond acceptors (Lipinski definition) is 6. The monoisotopic (exact) mass is 265 g/mol. The zero-order valence-electron chi connectivity index (χ0n) is 10.1. The van der Waals surface area contributed by atoms with Gasteiger partial charge >= 0.3 is 0 Å². The van der Waals surface area contributed by atoms with Gasteiger partial charge in [-0.25, -0.2) is 0 Å². The Morgan fingerprint density at radius 3 is 2.50 bits per heavy atom. The van der Waals surface area contributed by atoms with Crippen molar-refractivity contribution < 1.29 is 9.47 Å². The number of nitrogens with zero attached hydrogens (tertiary/aromatic N) is 2. The van der Waals surface area contributed by atoms with Gasteiger partial charge in [0.05, 0.1) is 6.61 Å². The van der Waals surface area contributed by atoms with Crippen molar-refractivity contribution in [3.8, 4) is 16.7 Å². The summed E-state index contributed by atoms with van der Waals surface area (Å²) in [5, 5.41) is 9.03. The fourth-order valence-corrected chi connectivity index (χ4v) is 1.87. The van der Waals surface area contributed by atoms with Crippen molar-refractivity contribution in [1.82, 2.24) is 10.2 Å². The Morgan fingerprint density at radius 1 is 1.17 bits per heavy atom. The average molecular weight is 265 g/mol. The molecule has 2 N–H and O–H groups in total. The highest BCUT2D eigenvalue weighted by Gasteiger charge is 2.05. The highest BCUT2D eigenvalue weighted by molar-refractivity contribution is 7.13. The SMILES string of the molecule is CCCOc1ccc(Oc2nnc(CN)s2)cc1. The van der Waals surface area contributed by atoms with Crippen LogP contribution in [0.2, 0.25) is 0 Å². The van der Waals surface area contributed by atoms with Crippen LogP contribution < -0.4 is 15.2 Å². The largest absolute Gasteiger partial charge is 0.494 e. The van der Waals surface area contributed by atoms with Crippen molar-refractivity contribution in [3.63, 3.8) is 0 Å². The first kappa shape index (κ1) is 12.8. The lowest BCUT2D eigenvalue weighted by atomic mass is 10.3. The first-order valence-corrected chi connectivity index (χ1v) is 6.56. The Bertz CT molecular complexity index is 484. The van der Waals surface area contributed by atoms with E-state index in [0.717, 1.165) is 23.8 Å². The highest BCUT2D eigenvalue weighted by Crippen LogP contribution is 2.26. The molecule has 0 saturated heterocycles. The summed E-state index contributed by atoms with van der Waals surface area (Å²) in [7, 11) is 0. The van der Waals surface area contributed by atoms with Gasteiger partial charge in [-0.2, -0.15) is 0 Å². The van der Waals surface area contributed by atoms with Crippen molar-refractivity contribution in [3.05, 3.63) is 29.3 Å². The molecule has 0 saturated carbocycles. The van der Waals surface area contributed by atoms with Gasteiger partial charge in [-0.1, -0.05) is 23.4 Å². The summed E-state index contributed by atoms with van der Waals surface area (Å²) in [6.45, 7) is 3.17. The molecule has 96 valence electrons. The molecular formula is C12H15N3O2S. The lowest BCUT2D eigenvalue weighted by molar-refractivity contribution is 0.317. The Hall–Kier alpha value is -1.66. The molecule has 0 fully saturated rings. The Kier molecular flexibility index (Phi) is 4.49. The third-order valence-corrected chi connectivity index (χ3v) is 2.95. The number of nitrogens with two attached hydrogens (primary N) is 1. The van der Waals surface area contributed by atoms with Crippen LogP contribution in [0, 0.1) is 0 Å². The van der Waals surface area contributed by atoms with Gasteiger partial charge in [-0.15, -0.1) is 5.10 Å². The molecule has 6 heteroatoms. The first-order chi connectivity index (χ1) is 8.81. The molecule has 1 aromatic carbocycles. The van der Waals surface area contributed by atoms with Crippen LogP contribution >= 0.6 is 11.3 Å². The molecule has 0 aliphatic carbocycles. The van der Waals surface area contributed by atoms with E-state index in [9.17, 15) is 0 Å². The number of ether oxygens (including phenoxy) is 2. The fourth-order valence-electron chi connectivity index (χ4n) is 1.29. The Morgan fingerprint density at radius 2 is 1.89 bits per heavy atom. The smallest absolute Gasteiger partial charge is 0.299 e. The normalized spacial score (nSPS) is 10.3. The fraction of sp³-hybridized carbons (Fsp3) is 0.333. The quantitative estimate of drug-likeness (QED) is 0.869. The molecule has 1 heterocycles. The lowest BCUT2D eigenvalue weighted by Crippen LogP contribution is -1.94. The predicted octanol–water partition coefficient (Wildman–Crippen LogP) is 2.58. The Balaban J connectivity index is 1.97. The van der Waals surface area contributed by atoms with Gasteiger partial charge in [0.1, 0.15) is 16.5 Å². The van der Waals surface area contributed by atoms with E-state index in [4.69, 9.17) is 15.2 Å². The second-order valence-electron chi connectivity index (χ2n) is 3.59. The first-order valence-electron chi connectivity index (χ1n) is 5.75. The van der Waals surface area contributed by atoms with Crippen LogP contribution in [-0.2, 0) is 6.54 Å². The maximum atomic E-state index is 5.55.